The smallest absolute Gasteiger partial charge is 0.277 e. The van der Waals surface area contributed by atoms with Gasteiger partial charge in [0.15, 0.2) is 0 Å². The zero-order valence-corrected chi connectivity index (χ0v) is 15.9. The van der Waals surface area contributed by atoms with Crippen molar-refractivity contribution in [2.45, 2.75) is 10.8 Å². The van der Waals surface area contributed by atoms with Crippen LogP contribution in [0.5, 0.6) is 5.75 Å². The maximum Gasteiger partial charge on any atom is 0.277 e. The molecule has 8 nitrogen and oxygen atoms in total. The molecule has 0 saturated carbocycles. The molecule has 0 radical (unpaired) electrons. The number of anilines is 1. The molecular weight excluding hydrogens is 396 g/mol. The molecule has 3 aromatic rings. The van der Waals surface area contributed by atoms with Gasteiger partial charge in [0.25, 0.3) is 5.91 Å². The average molecular weight is 408 g/mol. The molecule has 1 aliphatic heterocycles. The van der Waals surface area contributed by atoms with Gasteiger partial charge in [-0.3, -0.25) is 10.1 Å². The van der Waals surface area contributed by atoms with Crippen molar-refractivity contribution >= 4 is 44.6 Å². The number of benzene rings is 1. The largest absolute Gasteiger partial charge is 0.493 e. The predicted molar refractivity (Wildman–Crippen MR) is 97.7 cm³/mol. The van der Waals surface area contributed by atoms with E-state index in [1.807, 2.05) is 18.2 Å². The van der Waals surface area contributed by atoms with Gasteiger partial charge in [-0.1, -0.05) is 0 Å². The monoisotopic (exact) mass is 408 g/mol. The van der Waals surface area contributed by atoms with Crippen molar-refractivity contribution in [3.05, 3.63) is 34.8 Å². The summed E-state index contributed by atoms with van der Waals surface area (Å²) < 4.78 is 32.0. The fraction of sp³-hybridized carbons (Fsp3) is 0.200. The molecule has 11 heteroatoms. The number of carbonyl (C=O) groups excluding carboxylic acids is 1. The van der Waals surface area contributed by atoms with Gasteiger partial charge < -0.3 is 4.74 Å². The Balaban J connectivity index is 1.52. The lowest BCUT2D eigenvalue weighted by molar-refractivity contribution is 0.102. The zero-order chi connectivity index (χ0) is 18.3. The summed E-state index contributed by atoms with van der Waals surface area (Å²) in [5.41, 5.74) is 2.27. The fourth-order valence-corrected chi connectivity index (χ4v) is 4.49. The van der Waals surface area contributed by atoms with Crippen LogP contribution in [0.15, 0.2) is 27.9 Å². The van der Waals surface area contributed by atoms with E-state index in [0.29, 0.717) is 23.1 Å². The van der Waals surface area contributed by atoms with E-state index in [1.165, 1.54) is 11.3 Å². The summed E-state index contributed by atoms with van der Waals surface area (Å²) in [6.07, 6.45) is 1.90. The first-order chi connectivity index (χ1) is 12.4. The molecule has 4 rings (SSSR count). The molecule has 3 heterocycles. The minimum absolute atomic E-state index is 0.0512. The number of nitrogens with one attached hydrogen (secondary N) is 1. The van der Waals surface area contributed by atoms with Crippen LogP contribution in [0.3, 0.4) is 0 Å². The lowest BCUT2D eigenvalue weighted by atomic mass is 10.1. The van der Waals surface area contributed by atoms with Gasteiger partial charge >= 0.3 is 0 Å². The third kappa shape index (κ3) is 3.32. The van der Waals surface area contributed by atoms with E-state index >= 15 is 0 Å². The number of thiazole rings is 1. The van der Waals surface area contributed by atoms with E-state index < -0.39 is 15.7 Å². The second-order valence-electron chi connectivity index (χ2n) is 5.57. The predicted octanol–water partition coefficient (Wildman–Crippen LogP) is 2.25. The van der Waals surface area contributed by atoms with Crippen molar-refractivity contribution < 1.29 is 17.9 Å². The van der Waals surface area contributed by atoms with E-state index in [4.69, 9.17) is 4.74 Å². The Morgan fingerprint density at radius 1 is 1.31 bits per heavy atom. The van der Waals surface area contributed by atoms with Gasteiger partial charge in [-0.05, 0) is 23.8 Å². The Kier molecular flexibility index (Phi) is 4.21. The maximum atomic E-state index is 12.3. The van der Waals surface area contributed by atoms with E-state index in [1.54, 1.807) is 5.38 Å². The number of hydrogen-bond acceptors (Lipinski definition) is 9. The van der Waals surface area contributed by atoms with Gasteiger partial charge in [0.2, 0.25) is 20.1 Å². The number of hydrogen-bond donors (Lipinski definition) is 1. The van der Waals surface area contributed by atoms with Crippen LogP contribution in [-0.4, -0.2) is 41.5 Å². The molecule has 0 aliphatic carbocycles. The fourth-order valence-electron chi connectivity index (χ4n) is 2.41. The van der Waals surface area contributed by atoms with Crippen molar-refractivity contribution in [3.8, 4) is 16.3 Å². The number of sulfone groups is 1. The molecule has 1 aromatic carbocycles. The van der Waals surface area contributed by atoms with Crippen LogP contribution in [0.4, 0.5) is 5.95 Å². The third-order valence-corrected chi connectivity index (χ3v) is 6.88. The Morgan fingerprint density at radius 2 is 2.15 bits per heavy atom. The molecule has 1 N–H and O–H groups in total. The number of fused-ring (bicyclic) bond motifs is 1. The molecule has 1 aliphatic rings. The maximum absolute atomic E-state index is 12.3. The van der Waals surface area contributed by atoms with Crippen molar-refractivity contribution in [1.82, 2.24) is 14.3 Å². The van der Waals surface area contributed by atoms with Crippen molar-refractivity contribution in [2.75, 3.05) is 18.2 Å². The summed E-state index contributed by atoms with van der Waals surface area (Å²) in [6, 6.07) is 5.83. The van der Waals surface area contributed by atoms with Gasteiger partial charge in [0.05, 0.1) is 6.61 Å². The minimum Gasteiger partial charge on any atom is -0.493 e. The van der Waals surface area contributed by atoms with Crippen LogP contribution in [0, 0.1) is 0 Å². The summed E-state index contributed by atoms with van der Waals surface area (Å²) in [7, 11) is -3.45. The molecule has 0 spiro atoms. The number of amides is 1. The lowest BCUT2D eigenvalue weighted by Crippen LogP contribution is -2.13. The highest BCUT2D eigenvalue weighted by atomic mass is 32.2. The quantitative estimate of drug-likeness (QED) is 0.705. The van der Waals surface area contributed by atoms with Crippen LogP contribution in [-0.2, 0) is 16.3 Å². The Labute approximate surface area is 157 Å². The molecule has 0 bridgehead atoms. The van der Waals surface area contributed by atoms with E-state index in [2.05, 4.69) is 19.7 Å². The number of nitrogens with zero attached hydrogens (tertiary/aromatic N) is 3. The van der Waals surface area contributed by atoms with Gasteiger partial charge in [0.1, 0.15) is 16.5 Å². The number of aromatic nitrogens is 3. The molecule has 1 amide bonds. The van der Waals surface area contributed by atoms with Crippen molar-refractivity contribution in [1.29, 1.82) is 0 Å². The van der Waals surface area contributed by atoms with Crippen LogP contribution in [0.2, 0.25) is 0 Å². The molecular formula is C15H12N4O4S3. The second-order valence-corrected chi connectivity index (χ2v) is 9.37. The topological polar surface area (TPSA) is 111 Å². The number of ether oxygens (including phenoxy) is 1. The lowest BCUT2D eigenvalue weighted by Gasteiger charge is -2.01. The van der Waals surface area contributed by atoms with Gasteiger partial charge in [-0.15, -0.1) is 11.3 Å². The molecule has 0 atom stereocenters. The minimum atomic E-state index is -3.45. The summed E-state index contributed by atoms with van der Waals surface area (Å²) in [5, 5.41) is 4.82. The highest BCUT2D eigenvalue weighted by molar-refractivity contribution is 7.92. The highest BCUT2D eigenvalue weighted by Crippen LogP contribution is 2.32. The first-order valence-electron chi connectivity index (χ1n) is 7.47. The van der Waals surface area contributed by atoms with Crippen LogP contribution in [0.25, 0.3) is 10.6 Å². The number of rotatable bonds is 4. The number of carbonyl (C=O) groups is 1. The van der Waals surface area contributed by atoms with Crippen LogP contribution >= 0.6 is 22.9 Å². The van der Waals surface area contributed by atoms with Crippen LogP contribution < -0.4 is 10.1 Å². The molecule has 134 valence electrons. The first-order valence-corrected chi connectivity index (χ1v) is 11.0. The molecule has 26 heavy (non-hydrogen) atoms. The van der Waals surface area contributed by atoms with Crippen molar-refractivity contribution in [3.63, 3.8) is 0 Å². The Hall–Kier alpha value is -2.37. The van der Waals surface area contributed by atoms with Crippen LogP contribution in [0.1, 0.15) is 16.1 Å². The molecule has 0 saturated heterocycles. The van der Waals surface area contributed by atoms with Gasteiger partial charge in [-0.25, -0.2) is 13.4 Å². The summed E-state index contributed by atoms with van der Waals surface area (Å²) in [6.45, 7) is 0.681. The highest BCUT2D eigenvalue weighted by Gasteiger charge is 2.19. The van der Waals surface area contributed by atoms with Gasteiger partial charge in [-0.2, -0.15) is 9.36 Å². The van der Waals surface area contributed by atoms with E-state index in [0.717, 1.165) is 29.6 Å². The zero-order valence-electron chi connectivity index (χ0n) is 13.4. The van der Waals surface area contributed by atoms with E-state index in [-0.39, 0.29) is 16.0 Å². The Morgan fingerprint density at radius 3 is 2.92 bits per heavy atom. The molecule has 0 fully saturated rings. The standard InChI is InChI=1S/C15H12N4O4S3/c1-26(21,22)15-18-14(19-25-15)17-12(20)10-7-24-13(16-10)9-2-3-11-8(6-9)4-5-23-11/h2-3,6-7H,4-5H2,1H3,(H,17,19,20). The second kappa shape index (κ2) is 6.41. The summed E-state index contributed by atoms with van der Waals surface area (Å²) in [4.78, 5) is 20.4. The van der Waals surface area contributed by atoms with Crippen molar-refractivity contribution in [2.24, 2.45) is 0 Å². The summed E-state index contributed by atoms with van der Waals surface area (Å²) >= 11 is 2.06. The molecule has 0 unspecified atom stereocenters. The summed E-state index contributed by atoms with van der Waals surface area (Å²) in [5.74, 6) is 0.346. The van der Waals surface area contributed by atoms with E-state index in [9.17, 15) is 13.2 Å². The molecule has 2 aromatic heterocycles. The average Bonchev–Trinajstić information content (AvgIpc) is 3.33. The van der Waals surface area contributed by atoms with Gasteiger partial charge in [0, 0.05) is 35.2 Å². The SMILES string of the molecule is CS(=O)(=O)c1nc(NC(=O)c2csc(-c3ccc4c(c3)CCO4)n2)ns1. The third-order valence-electron chi connectivity index (χ3n) is 3.62. The normalized spacial score (nSPS) is 13.3. The first kappa shape index (κ1) is 17.1. The Bertz CT molecular complexity index is 1100.